The first-order valence-electron chi connectivity index (χ1n) is 7.91. The molecule has 1 fully saturated rings. The Kier molecular flexibility index (Phi) is 5.41. The minimum atomic E-state index is -2.95. The van der Waals surface area contributed by atoms with Crippen LogP contribution in [0.1, 0.15) is 5.56 Å². The van der Waals surface area contributed by atoms with Crippen molar-refractivity contribution in [1.82, 2.24) is 14.7 Å². The first-order chi connectivity index (χ1) is 11.9. The summed E-state index contributed by atoms with van der Waals surface area (Å²) >= 11 is 6.17. The molecule has 2 heterocycles. The molecule has 2 aromatic rings. The molecule has 1 saturated heterocycles. The minimum absolute atomic E-state index is 0.102. The van der Waals surface area contributed by atoms with E-state index in [4.69, 9.17) is 11.6 Å². The maximum absolute atomic E-state index is 12.2. The fourth-order valence-electron chi connectivity index (χ4n) is 2.65. The lowest BCUT2D eigenvalue weighted by atomic mass is 10.2. The van der Waals surface area contributed by atoms with Crippen LogP contribution in [0.4, 0.5) is 5.82 Å². The number of hydrogen-bond donors (Lipinski definition) is 1. The molecule has 0 aliphatic carbocycles. The normalized spacial score (nSPS) is 17.3. The van der Waals surface area contributed by atoms with Gasteiger partial charge in [0.25, 0.3) is 0 Å². The highest BCUT2D eigenvalue weighted by molar-refractivity contribution is 7.91. The molecule has 1 aliphatic heterocycles. The van der Waals surface area contributed by atoms with Crippen molar-refractivity contribution >= 4 is 33.2 Å². The van der Waals surface area contributed by atoms with E-state index in [1.165, 1.54) is 0 Å². The zero-order valence-corrected chi connectivity index (χ0v) is 15.1. The van der Waals surface area contributed by atoms with Crippen molar-refractivity contribution in [2.75, 3.05) is 36.5 Å². The summed E-state index contributed by atoms with van der Waals surface area (Å²) in [6.07, 6.45) is 1.61. The lowest BCUT2D eigenvalue weighted by Gasteiger charge is -2.25. The van der Waals surface area contributed by atoms with Crippen LogP contribution >= 0.6 is 11.6 Å². The van der Waals surface area contributed by atoms with Gasteiger partial charge >= 0.3 is 0 Å². The topological polar surface area (TPSA) is 84.3 Å². The molecule has 134 valence electrons. The molecule has 1 N–H and O–H groups in total. The first-order valence-corrected chi connectivity index (χ1v) is 10.1. The van der Waals surface area contributed by atoms with E-state index in [1.54, 1.807) is 16.9 Å². The number of amides is 1. The average Bonchev–Trinajstić information content (AvgIpc) is 2.98. The quantitative estimate of drug-likeness (QED) is 0.841. The molecule has 9 heteroatoms. The Morgan fingerprint density at radius 1 is 1.20 bits per heavy atom. The lowest BCUT2D eigenvalue weighted by molar-refractivity contribution is -0.117. The third-order valence-electron chi connectivity index (χ3n) is 4.07. The summed E-state index contributed by atoms with van der Waals surface area (Å²) in [5.41, 5.74) is 0.907. The second-order valence-electron chi connectivity index (χ2n) is 5.94. The van der Waals surface area contributed by atoms with Crippen molar-refractivity contribution in [2.24, 2.45) is 0 Å². The van der Waals surface area contributed by atoms with Crippen LogP contribution in [0.15, 0.2) is 36.5 Å². The van der Waals surface area contributed by atoms with Crippen molar-refractivity contribution in [3.63, 3.8) is 0 Å². The summed E-state index contributed by atoms with van der Waals surface area (Å²) in [4.78, 5) is 14.1. The molecule has 3 rings (SSSR count). The highest BCUT2D eigenvalue weighted by Gasteiger charge is 2.23. The molecule has 0 saturated carbocycles. The molecular weight excluding hydrogens is 364 g/mol. The van der Waals surface area contributed by atoms with Crippen LogP contribution < -0.4 is 5.32 Å². The maximum atomic E-state index is 12.2. The molecule has 25 heavy (non-hydrogen) atoms. The van der Waals surface area contributed by atoms with Crippen LogP contribution in [-0.2, 0) is 21.2 Å². The van der Waals surface area contributed by atoms with Gasteiger partial charge in [-0.25, -0.2) is 13.1 Å². The highest BCUT2D eigenvalue weighted by atomic mass is 35.5. The molecule has 1 aromatic carbocycles. The van der Waals surface area contributed by atoms with E-state index < -0.39 is 9.84 Å². The van der Waals surface area contributed by atoms with E-state index in [0.717, 1.165) is 5.56 Å². The standard InChI is InChI=1S/C16H19ClN4O3S/c17-14-4-2-1-3-13(14)11-21-15(5-6-18-21)19-16(22)12-20-7-9-25(23,24)10-8-20/h1-6H,7-12H2,(H,19,22). The predicted octanol–water partition coefficient (Wildman–Crippen LogP) is 1.25. The molecule has 0 atom stereocenters. The van der Waals surface area contributed by atoms with Crippen LogP contribution in [0, 0.1) is 0 Å². The van der Waals surface area contributed by atoms with Gasteiger partial charge in [-0.1, -0.05) is 29.8 Å². The molecule has 1 amide bonds. The summed E-state index contributed by atoms with van der Waals surface area (Å²) in [6, 6.07) is 9.19. The van der Waals surface area contributed by atoms with Gasteiger partial charge in [-0.05, 0) is 11.6 Å². The second kappa shape index (κ2) is 7.55. The van der Waals surface area contributed by atoms with E-state index in [-0.39, 0.29) is 24.0 Å². The predicted molar refractivity (Wildman–Crippen MR) is 96.5 cm³/mol. The lowest BCUT2D eigenvalue weighted by Crippen LogP contribution is -2.44. The fraction of sp³-hybridized carbons (Fsp3) is 0.375. The van der Waals surface area contributed by atoms with Gasteiger partial charge in [0.1, 0.15) is 5.82 Å². The van der Waals surface area contributed by atoms with Crippen molar-refractivity contribution < 1.29 is 13.2 Å². The third kappa shape index (κ3) is 4.81. The van der Waals surface area contributed by atoms with Gasteiger partial charge in [0, 0.05) is 24.2 Å². The van der Waals surface area contributed by atoms with Crippen molar-refractivity contribution in [1.29, 1.82) is 0 Å². The highest BCUT2D eigenvalue weighted by Crippen LogP contribution is 2.18. The SMILES string of the molecule is O=C(CN1CCS(=O)(=O)CC1)Nc1ccnn1Cc1ccccc1Cl. The number of benzene rings is 1. The zero-order valence-electron chi connectivity index (χ0n) is 13.6. The van der Waals surface area contributed by atoms with E-state index in [1.807, 2.05) is 29.2 Å². The Morgan fingerprint density at radius 3 is 2.64 bits per heavy atom. The third-order valence-corrected chi connectivity index (χ3v) is 6.04. The van der Waals surface area contributed by atoms with E-state index in [9.17, 15) is 13.2 Å². The van der Waals surface area contributed by atoms with E-state index in [2.05, 4.69) is 10.4 Å². The maximum Gasteiger partial charge on any atom is 0.239 e. The van der Waals surface area contributed by atoms with Gasteiger partial charge in [-0.15, -0.1) is 0 Å². The number of aromatic nitrogens is 2. The van der Waals surface area contributed by atoms with E-state index in [0.29, 0.717) is 30.5 Å². The van der Waals surface area contributed by atoms with Crippen molar-refractivity contribution in [3.05, 3.63) is 47.1 Å². The first kappa shape index (κ1) is 17.9. The van der Waals surface area contributed by atoms with Gasteiger partial charge in [-0.3, -0.25) is 9.69 Å². The number of rotatable bonds is 5. The van der Waals surface area contributed by atoms with Crippen LogP contribution in [0.25, 0.3) is 0 Å². The van der Waals surface area contributed by atoms with Crippen LogP contribution in [0.5, 0.6) is 0 Å². The number of anilines is 1. The van der Waals surface area contributed by atoms with Gasteiger partial charge in [-0.2, -0.15) is 5.10 Å². The molecule has 1 aromatic heterocycles. The fourth-order valence-corrected chi connectivity index (χ4v) is 4.12. The Hall–Kier alpha value is -1.90. The largest absolute Gasteiger partial charge is 0.310 e. The summed E-state index contributed by atoms with van der Waals surface area (Å²) in [6.45, 7) is 1.38. The van der Waals surface area contributed by atoms with Crippen LogP contribution in [0.2, 0.25) is 5.02 Å². The minimum Gasteiger partial charge on any atom is -0.310 e. The number of carbonyl (C=O) groups excluding carboxylic acids is 1. The Bertz CT molecular complexity index is 852. The average molecular weight is 383 g/mol. The van der Waals surface area contributed by atoms with Gasteiger partial charge in [0.05, 0.1) is 30.8 Å². The van der Waals surface area contributed by atoms with Crippen LogP contribution in [0.3, 0.4) is 0 Å². The van der Waals surface area contributed by atoms with Crippen molar-refractivity contribution in [2.45, 2.75) is 6.54 Å². The zero-order chi connectivity index (χ0) is 17.9. The number of carbonyl (C=O) groups is 1. The summed E-state index contributed by atoms with van der Waals surface area (Å²) in [5, 5.41) is 7.69. The number of sulfone groups is 1. The molecule has 0 radical (unpaired) electrons. The molecule has 0 spiro atoms. The van der Waals surface area contributed by atoms with Gasteiger partial charge < -0.3 is 5.32 Å². The van der Waals surface area contributed by atoms with E-state index >= 15 is 0 Å². The molecule has 0 bridgehead atoms. The molecular formula is C16H19ClN4O3S. The summed E-state index contributed by atoms with van der Waals surface area (Å²) in [7, 11) is -2.95. The summed E-state index contributed by atoms with van der Waals surface area (Å²) in [5.74, 6) is 0.588. The Morgan fingerprint density at radius 2 is 1.92 bits per heavy atom. The van der Waals surface area contributed by atoms with Crippen molar-refractivity contribution in [3.8, 4) is 0 Å². The smallest absolute Gasteiger partial charge is 0.239 e. The molecule has 1 aliphatic rings. The number of nitrogens with one attached hydrogen (secondary N) is 1. The molecule has 7 nitrogen and oxygen atoms in total. The van der Waals surface area contributed by atoms with Crippen LogP contribution in [-0.4, -0.2) is 60.1 Å². The monoisotopic (exact) mass is 382 g/mol. The number of hydrogen-bond acceptors (Lipinski definition) is 5. The van der Waals surface area contributed by atoms with Gasteiger partial charge in [0.15, 0.2) is 9.84 Å². The number of halogens is 1. The van der Waals surface area contributed by atoms with Gasteiger partial charge in [0.2, 0.25) is 5.91 Å². The second-order valence-corrected chi connectivity index (χ2v) is 8.65. The molecule has 0 unspecified atom stereocenters. The Labute approximate surface area is 151 Å². The Balaban J connectivity index is 1.59. The summed E-state index contributed by atoms with van der Waals surface area (Å²) < 4.78 is 24.5. The number of nitrogens with zero attached hydrogens (tertiary/aromatic N) is 3.